The number of thiazole rings is 1. The summed E-state index contributed by atoms with van der Waals surface area (Å²) in [5.41, 5.74) is 2.93. The number of ether oxygens (including phenoxy) is 2. The van der Waals surface area contributed by atoms with E-state index in [0.717, 1.165) is 48.9 Å². The molecule has 8 nitrogen and oxygen atoms in total. The van der Waals surface area contributed by atoms with E-state index in [4.69, 9.17) is 14.5 Å². The molecule has 0 radical (unpaired) electrons. The number of rotatable bonds is 11. The summed E-state index contributed by atoms with van der Waals surface area (Å²) in [5, 5.41) is 3.71. The standard InChI is InChI=1S/C31H41N3O5S2/c1-19(2)8-7-9-21(35)17-25-27(22-12-14-34(18-26(22)40-25)30(37)39-31(3,4)5)29-33-23-16-20(10-11-24(23)41-29)28(36)32-13-15-38-6/h10-11,16,19H,7-9,12-15,17-18H2,1-6H3,(H,32,36). The van der Waals surface area contributed by atoms with E-state index in [1.807, 2.05) is 39.0 Å². The largest absolute Gasteiger partial charge is 0.444 e. The topological polar surface area (TPSA) is 97.8 Å². The van der Waals surface area contributed by atoms with Gasteiger partial charge in [0.15, 0.2) is 0 Å². The number of thiophene rings is 1. The second-order valence-electron chi connectivity index (χ2n) is 11.9. The van der Waals surface area contributed by atoms with Crippen LogP contribution < -0.4 is 5.32 Å². The number of benzene rings is 1. The lowest BCUT2D eigenvalue weighted by molar-refractivity contribution is -0.118. The molecule has 0 saturated carbocycles. The highest BCUT2D eigenvalue weighted by Crippen LogP contribution is 2.43. The van der Waals surface area contributed by atoms with E-state index in [-0.39, 0.29) is 17.8 Å². The average Bonchev–Trinajstić information content (AvgIpc) is 3.46. The molecular weight excluding hydrogens is 558 g/mol. The first-order valence-corrected chi connectivity index (χ1v) is 15.9. The number of Topliss-reactive ketones (excluding diaryl/α,β-unsaturated/α-hetero) is 1. The van der Waals surface area contributed by atoms with Gasteiger partial charge in [0.25, 0.3) is 5.91 Å². The summed E-state index contributed by atoms with van der Waals surface area (Å²) in [6.45, 7) is 11.8. The Morgan fingerprint density at radius 1 is 1.17 bits per heavy atom. The fourth-order valence-corrected chi connectivity index (χ4v) is 7.35. The van der Waals surface area contributed by atoms with E-state index < -0.39 is 5.60 Å². The number of hydrogen-bond donors (Lipinski definition) is 1. The third-order valence-corrected chi connectivity index (χ3v) is 9.10. The van der Waals surface area contributed by atoms with Crippen LogP contribution >= 0.6 is 22.7 Å². The summed E-state index contributed by atoms with van der Waals surface area (Å²) in [6.07, 6.45) is 3.20. The van der Waals surface area contributed by atoms with E-state index in [1.165, 1.54) is 0 Å². The van der Waals surface area contributed by atoms with E-state index in [9.17, 15) is 14.4 Å². The zero-order valence-corrected chi connectivity index (χ0v) is 26.6. The Morgan fingerprint density at radius 2 is 1.95 bits per heavy atom. The summed E-state index contributed by atoms with van der Waals surface area (Å²) in [5.74, 6) is 0.632. The van der Waals surface area contributed by atoms with Crippen molar-refractivity contribution in [3.8, 4) is 10.6 Å². The van der Waals surface area contributed by atoms with Gasteiger partial charge in [-0.25, -0.2) is 9.78 Å². The summed E-state index contributed by atoms with van der Waals surface area (Å²) in [4.78, 5) is 47.3. The van der Waals surface area contributed by atoms with Crippen molar-refractivity contribution in [3.63, 3.8) is 0 Å². The quantitative estimate of drug-likeness (QED) is 0.249. The maximum atomic E-state index is 13.1. The lowest BCUT2D eigenvalue weighted by Gasteiger charge is -2.30. The number of aromatic nitrogens is 1. The van der Waals surface area contributed by atoms with Crippen LogP contribution in [-0.2, 0) is 33.7 Å². The molecule has 222 valence electrons. The fraction of sp³-hybridized carbons (Fsp3) is 0.548. The van der Waals surface area contributed by atoms with Gasteiger partial charge < -0.3 is 19.7 Å². The maximum Gasteiger partial charge on any atom is 0.410 e. The molecule has 41 heavy (non-hydrogen) atoms. The molecule has 0 aliphatic carbocycles. The van der Waals surface area contributed by atoms with Crippen molar-refractivity contribution < 1.29 is 23.9 Å². The van der Waals surface area contributed by atoms with Gasteiger partial charge in [0.1, 0.15) is 16.4 Å². The van der Waals surface area contributed by atoms with Crippen LogP contribution in [0.1, 0.15) is 79.6 Å². The third kappa shape index (κ3) is 8.14. The Bertz CT molecular complexity index is 1400. The molecule has 10 heteroatoms. The van der Waals surface area contributed by atoms with Gasteiger partial charge in [-0.1, -0.05) is 20.3 Å². The smallest absolute Gasteiger partial charge is 0.410 e. The molecule has 1 aliphatic rings. The lowest BCUT2D eigenvalue weighted by atomic mass is 9.99. The molecule has 1 aliphatic heterocycles. The summed E-state index contributed by atoms with van der Waals surface area (Å²) < 4.78 is 11.6. The SMILES string of the molecule is COCCNC(=O)c1ccc2sc(-c3c(CC(=O)CCCC(C)C)sc4c3CCN(C(=O)OC(C)(C)C)C4)nc2c1. The minimum Gasteiger partial charge on any atom is -0.444 e. The van der Waals surface area contributed by atoms with Gasteiger partial charge in [0.2, 0.25) is 0 Å². The molecule has 0 bridgehead atoms. The summed E-state index contributed by atoms with van der Waals surface area (Å²) in [6, 6.07) is 5.56. The molecule has 0 unspecified atom stereocenters. The van der Waals surface area contributed by atoms with Crippen LogP contribution in [0.2, 0.25) is 0 Å². The van der Waals surface area contributed by atoms with Crippen LogP contribution in [0.3, 0.4) is 0 Å². The molecular formula is C31H41N3O5S2. The van der Waals surface area contributed by atoms with Gasteiger partial charge in [-0.2, -0.15) is 0 Å². The fourth-order valence-electron chi connectivity index (χ4n) is 4.83. The van der Waals surface area contributed by atoms with Crippen LogP contribution in [0.5, 0.6) is 0 Å². The Labute approximate surface area is 250 Å². The van der Waals surface area contributed by atoms with Crippen LogP contribution in [-0.4, -0.2) is 60.1 Å². The number of nitrogens with one attached hydrogen (secondary N) is 1. The molecule has 3 heterocycles. The van der Waals surface area contributed by atoms with Crippen molar-refractivity contribution >= 4 is 50.7 Å². The Hall–Kier alpha value is -2.82. The predicted molar refractivity (Wildman–Crippen MR) is 165 cm³/mol. The second-order valence-corrected chi connectivity index (χ2v) is 14.1. The van der Waals surface area contributed by atoms with Gasteiger partial charge in [-0.05, 0) is 63.3 Å². The molecule has 3 aromatic rings. The monoisotopic (exact) mass is 599 g/mol. The van der Waals surface area contributed by atoms with Gasteiger partial charge in [0, 0.05) is 53.9 Å². The van der Waals surface area contributed by atoms with Crippen LogP contribution in [0, 0.1) is 5.92 Å². The van der Waals surface area contributed by atoms with Crippen LogP contribution in [0.15, 0.2) is 18.2 Å². The number of carbonyl (C=O) groups is 3. The molecule has 2 amide bonds. The van der Waals surface area contributed by atoms with Crippen LogP contribution in [0.25, 0.3) is 20.8 Å². The van der Waals surface area contributed by atoms with Crippen molar-refractivity contribution in [1.82, 2.24) is 15.2 Å². The second kappa shape index (κ2) is 13.4. The zero-order chi connectivity index (χ0) is 29.7. The summed E-state index contributed by atoms with van der Waals surface area (Å²) >= 11 is 3.19. The van der Waals surface area contributed by atoms with Crippen molar-refractivity contribution in [2.75, 3.05) is 26.8 Å². The van der Waals surface area contributed by atoms with Crippen molar-refractivity contribution in [2.45, 2.75) is 78.9 Å². The van der Waals surface area contributed by atoms with Gasteiger partial charge in [0.05, 0.1) is 23.4 Å². The van der Waals surface area contributed by atoms with Gasteiger partial charge >= 0.3 is 6.09 Å². The van der Waals surface area contributed by atoms with Crippen molar-refractivity contribution in [2.24, 2.45) is 5.92 Å². The highest BCUT2D eigenvalue weighted by molar-refractivity contribution is 7.22. The highest BCUT2D eigenvalue weighted by atomic mass is 32.1. The summed E-state index contributed by atoms with van der Waals surface area (Å²) in [7, 11) is 1.60. The minimum absolute atomic E-state index is 0.165. The van der Waals surface area contributed by atoms with Crippen LogP contribution in [0.4, 0.5) is 4.79 Å². The molecule has 1 N–H and O–H groups in total. The Balaban J connectivity index is 1.64. The van der Waals surface area contributed by atoms with E-state index >= 15 is 0 Å². The average molecular weight is 600 g/mol. The number of carbonyl (C=O) groups excluding carboxylic acids is 3. The first kappa shape index (κ1) is 31.1. The number of fused-ring (bicyclic) bond motifs is 2. The third-order valence-electron chi connectivity index (χ3n) is 6.83. The van der Waals surface area contributed by atoms with E-state index in [0.29, 0.717) is 57.0 Å². The van der Waals surface area contributed by atoms with Crippen molar-refractivity contribution in [3.05, 3.63) is 39.1 Å². The highest BCUT2D eigenvalue weighted by Gasteiger charge is 2.31. The molecule has 2 aromatic heterocycles. The molecule has 4 rings (SSSR count). The number of amides is 2. The number of hydrogen-bond acceptors (Lipinski definition) is 8. The first-order valence-electron chi connectivity index (χ1n) is 14.3. The first-order chi connectivity index (χ1) is 19.4. The van der Waals surface area contributed by atoms with Gasteiger partial charge in [-0.15, -0.1) is 22.7 Å². The predicted octanol–water partition coefficient (Wildman–Crippen LogP) is 6.63. The minimum atomic E-state index is -0.563. The number of methoxy groups -OCH3 is 1. The molecule has 0 atom stereocenters. The molecule has 1 aromatic carbocycles. The van der Waals surface area contributed by atoms with Crippen molar-refractivity contribution in [1.29, 1.82) is 0 Å². The Morgan fingerprint density at radius 3 is 2.66 bits per heavy atom. The zero-order valence-electron chi connectivity index (χ0n) is 24.9. The number of ketones is 1. The molecule has 0 fully saturated rings. The van der Waals surface area contributed by atoms with E-state index in [2.05, 4.69) is 19.2 Å². The normalized spacial score (nSPS) is 13.5. The molecule has 0 saturated heterocycles. The Kier molecular flexibility index (Phi) is 10.2. The molecule has 0 spiro atoms. The lowest BCUT2D eigenvalue weighted by Crippen LogP contribution is -2.39. The van der Waals surface area contributed by atoms with Gasteiger partial charge in [-0.3, -0.25) is 9.59 Å². The maximum absolute atomic E-state index is 13.1. The number of nitrogens with zero attached hydrogens (tertiary/aromatic N) is 2. The van der Waals surface area contributed by atoms with E-state index in [1.54, 1.807) is 34.7 Å².